The van der Waals surface area contributed by atoms with Crippen LogP contribution in [0.1, 0.15) is 24.7 Å². The summed E-state index contributed by atoms with van der Waals surface area (Å²) in [5.74, 6) is -0.578. The Morgan fingerprint density at radius 3 is 2.72 bits per heavy atom. The highest BCUT2D eigenvalue weighted by atomic mass is 79.9. The van der Waals surface area contributed by atoms with E-state index in [-0.39, 0.29) is 5.56 Å². The Balaban J connectivity index is 2.17. The number of hydrogen-bond donors (Lipinski definition) is 0. The zero-order valence-corrected chi connectivity index (χ0v) is 11.0. The van der Waals surface area contributed by atoms with Crippen molar-refractivity contribution in [3.63, 3.8) is 0 Å². The highest BCUT2D eigenvalue weighted by Gasteiger charge is 2.30. The van der Waals surface area contributed by atoms with E-state index in [0.717, 1.165) is 24.7 Å². The summed E-state index contributed by atoms with van der Waals surface area (Å²) in [5, 5.41) is 8.57. The molecule has 0 radical (unpaired) electrons. The van der Waals surface area contributed by atoms with Gasteiger partial charge in [0.2, 0.25) is 0 Å². The number of aromatic nitrogens is 3. The highest BCUT2D eigenvalue weighted by Crippen LogP contribution is 2.39. The molecule has 0 N–H and O–H groups in total. The summed E-state index contributed by atoms with van der Waals surface area (Å²) >= 11 is 3.33. The first-order valence-corrected chi connectivity index (χ1v) is 6.78. The smallest absolute Gasteiger partial charge is 0.169 e. The van der Waals surface area contributed by atoms with Crippen LogP contribution < -0.4 is 0 Å². The highest BCUT2D eigenvalue weighted by molar-refractivity contribution is 9.08. The number of benzene rings is 1. The fourth-order valence-electron chi connectivity index (χ4n) is 1.99. The minimum absolute atomic E-state index is 0.168. The van der Waals surface area contributed by atoms with Crippen molar-refractivity contribution in [2.75, 3.05) is 0 Å². The molecule has 0 spiro atoms. The van der Waals surface area contributed by atoms with Crippen LogP contribution in [0.4, 0.5) is 8.78 Å². The van der Waals surface area contributed by atoms with Crippen LogP contribution in [0.5, 0.6) is 0 Å². The summed E-state index contributed by atoms with van der Waals surface area (Å²) in [6.07, 6.45) is 2.06. The molecule has 18 heavy (non-hydrogen) atoms. The Labute approximate surface area is 111 Å². The average molecular weight is 314 g/mol. The van der Waals surface area contributed by atoms with Gasteiger partial charge in [-0.1, -0.05) is 22.0 Å². The molecule has 0 atom stereocenters. The molecule has 3 nitrogen and oxygen atoms in total. The first-order chi connectivity index (χ1) is 8.72. The fourth-order valence-corrected chi connectivity index (χ4v) is 2.37. The van der Waals surface area contributed by atoms with Crippen LogP contribution in [-0.4, -0.2) is 14.8 Å². The molecule has 1 aliphatic carbocycles. The van der Waals surface area contributed by atoms with Gasteiger partial charge in [-0.25, -0.2) is 8.78 Å². The number of hydrogen-bond acceptors (Lipinski definition) is 2. The minimum Gasteiger partial charge on any atom is -0.307 e. The maximum absolute atomic E-state index is 13.8. The third-order valence-electron chi connectivity index (χ3n) is 2.99. The average Bonchev–Trinajstić information content (AvgIpc) is 3.12. The van der Waals surface area contributed by atoms with E-state index in [1.807, 2.05) is 4.57 Å². The van der Waals surface area contributed by atoms with Crippen molar-refractivity contribution in [3.8, 4) is 11.4 Å². The maximum Gasteiger partial charge on any atom is 0.169 e. The predicted molar refractivity (Wildman–Crippen MR) is 66.3 cm³/mol. The van der Waals surface area contributed by atoms with Crippen molar-refractivity contribution >= 4 is 15.9 Å². The summed E-state index contributed by atoms with van der Waals surface area (Å²) in [5.41, 5.74) is 0.168. The predicted octanol–water partition coefficient (Wildman–Crippen LogP) is 3.45. The topological polar surface area (TPSA) is 30.7 Å². The third kappa shape index (κ3) is 1.84. The van der Waals surface area contributed by atoms with E-state index in [2.05, 4.69) is 26.1 Å². The van der Waals surface area contributed by atoms with Crippen LogP contribution in [-0.2, 0) is 5.33 Å². The Kier molecular flexibility index (Phi) is 2.89. The Morgan fingerprint density at radius 1 is 1.28 bits per heavy atom. The molecular formula is C12H10BrF2N3. The molecule has 94 valence electrons. The number of nitrogens with zero attached hydrogens (tertiary/aromatic N) is 3. The monoisotopic (exact) mass is 313 g/mol. The molecule has 6 heteroatoms. The minimum atomic E-state index is -0.868. The molecule has 0 aliphatic heterocycles. The second kappa shape index (κ2) is 4.42. The molecule has 1 heterocycles. The van der Waals surface area contributed by atoms with Gasteiger partial charge in [0.25, 0.3) is 0 Å². The van der Waals surface area contributed by atoms with Crippen LogP contribution in [0.3, 0.4) is 0 Å². The largest absolute Gasteiger partial charge is 0.307 e. The zero-order valence-electron chi connectivity index (χ0n) is 9.41. The van der Waals surface area contributed by atoms with Crippen LogP contribution in [0.15, 0.2) is 18.2 Å². The third-order valence-corrected chi connectivity index (χ3v) is 3.49. The van der Waals surface area contributed by atoms with E-state index in [1.54, 1.807) is 0 Å². The van der Waals surface area contributed by atoms with Gasteiger partial charge < -0.3 is 4.57 Å². The second-order valence-corrected chi connectivity index (χ2v) is 4.84. The van der Waals surface area contributed by atoms with Gasteiger partial charge in [0, 0.05) is 6.04 Å². The standard InChI is InChI=1S/C12H10BrF2N3/c13-6-10-16-17-12(18(10)7-4-5-7)8-2-1-3-9(14)11(8)15/h1-3,7H,4-6H2. The van der Waals surface area contributed by atoms with Gasteiger partial charge in [0.15, 0.2) is 17.5 Å². The van der Waals surface area contributed by atoms with Crippen LogP contribution >= 0.6 is 15.9 Å². The lowest BCUT2D eigenvalue weighted by atomic mass is 10.2. The van der Waals surface area contributed by atoms with Crippen LogP contribution in [0, 0.1) is 11.6 Å². The Bertz CT molecular complexity index is 593. The van der Waals surface area contributed by atoms with E-state index >= 15 is 0 Å². The lowest BCUT2D eigenvalue weighted by Crippen LogP contribution is -2.03. The molecule has 1 aliphatic rings. The van der Waals surface area contributed by atoms with Gasteiger partial charge in [0.1, 0.15) is 5.82 Å². The molecule has 0 saturated heterocycles. The number of halogens is 3. The number of alkyl halides is 1. The molecule has 3 rings (SSSR count). The fraction of sp³-hybridized carbons (Fsp3) is 0.333. The molecule has 1 aromatic carbocycles. The summed E-state index contributed by atoms with van der Waals surface area (Å²) in [6.45, 7) is 0. The van der Waals surface area contributed by atoms with Crippen molar-refractivity contribution in [2.45, 2.75) is 24.2 Å². The Morgan fingerprint density at radius 2 is 2.06 bits per heavy atom. The van der Waals surface area contributed by atoms with Gasteiger partial charge in [-0.15, -0.1) is 10.2 Å². The lowest BCUT2D eigenvalue weighted by Gasteiger charge is -2.08. The Hall–Kier alpha value is -1.30. The second-order valence-electron chi connectivity index (χ2n) is 4.28. The molecule has 2 aromatic rings. The summed E-state index contributed by atoms with van der Waals surface area (Å²) in [4.78, 5) is 0. The molecule has 1 saturated carbocycles. The van der Waals surface area contributed by atoms with Gasteiger partial charge in [-0.3, -0.25) is 0 Å². The molecular weight excluding hydrogens is 304 g/mol. The molecule has 0 unspecified atom stereocenters. The lowest BCUT2D eigenvalue weighted by molar-refractivity contribution is 0.509. The van der Waals surface area contributed by atoms with Gasteiger partial charge in [-0.2, -0.15) is 0 Å². The first-order valence-electron chi connectivity index (χ1n) is 5.66. The zero-order chi connectivity index (χ0) is 12.7. The summed E-state index contributed by atoms with van der Waals surface area (Å²) < 4.78 is 29.0. The van der Waals surface area contributed by atoms with E-state index in [0.29, 0.717) is 17.2 Å². The van der Waals surface area contributed by atoms with Crippen molar-refractivity contribution in [3.05, 3.63) is 35.7 Å². The van der Waals surface area contributed by atoms with Crippen molar-refractivity contribution in [2.24, 2.45) is 0 Å². The summed E-state index contributed by atoms with van der Waals surface area (Å²) in [7, 11) is 0. The molecule has 1 aromatic heterocycles. The summed E-state index contributed by atoms with van der Waals surface area (Å²) in [6, 6.07) is 4.42. The van der Waals surface area contributed by atoms with Crippen LogP contribution in [0.25, 0.3) is 11.4 Å². The normalized spacial score (nSPS) is 15.1. The quantitative estimate of drug-likeness (QED) is 0.813. The van der Waals surface area contributed by atoms with Gasteiger partial charge in [-0.05, 0) is 25.0 Å². The first kappa shape index (κ1) is 11.8. The van der Waals surface area contributed by atoms with Gasteiger partial charge in [0.05, 0.1) is 10.9 Å². The van der Waals surface area contributed by atoms with Gasteiger partial charge >= 0.3 is 0 Å². The molecule has 0 amide bonds. The van der Waals surface area contributed by atoms with Crippen LogP contribution in [0.2, 0.25) is 0 Å². The maximum atomic E-state index is 13.8. The molecule has 0 bridgehead atoms. The van der Waals surface area contributed by atoms with Crippen molar-refractivity contribution in [1.29, 1.82) is 0 Å². The van der Waals surface area contributed by atoms with E-state index in [1.165, 1.54) is 12.1 Å². The molecule has 1 fully saturated rings. The van der Waals surface area contributed by atoms with Crippen molar-refractivity contribution < 1.29 is 8.78 Å². The SMILES string of the molecule is Fc1cccc(-c2nnc(CBr)n2C2CC2)c1F. The van der Waals surface area contributed by atoms with Crippen molar-refractivity contribution in [1.82, 2.24) is 14.8 Å². The van der Waals surface area contributed by atoms with E-state index < -0.39 is 11.6 Å². The number of rotatable bonds is 3. The van der Waals surface area contributed by atoms with E-state index in [9.17, 15) is 8.78 Å². The van der Waals surface area contributed by atoms with E-state index in [4.69, 9.17) is 0 Å².